The minimum atomic E-state index is -0.616. The number of ketones is 1. The van der Waals surface area contributed by atoms with E-state index < -0.39 is 5.97 Å². The summed E-state index contributed by atoms with van der Waals surface area (Å²) in [6.45, 7) is 3.27. The van der Waals surface area contributed by atoms with Gasteiger partial charge in [-0.3, -0.25) is 4.79 Å². The van der Waals surface area contributed by atoms with Crippen LogP contribution in [0, 0.1) is 0 Å². The fourth-order valence-electron chi connectivity index (χ4n) is 1.82. The molecule has 0 aliphatic heterocycles. The van der Waals surface area contributed by atoms with Gasteiger partial charge in [-0.25, -0.2) is 9.78 Å². The van der Waals surface area contributed by atoms with Crippen molar-refractivity contribution in [1.29, 1.82) is 0 Å². The molecular weight excluding hydrogens is 254 g/mol. The van der Waals surface area contributed by atoms with Gasteiger partial charge in [0.05, 0.1) is 17.8 Å². The van der Waals surface area contributed by atoms with Crippen molar-refractivity contribution in [2.24, 2.45) is 0 Å². The Morgan fingerprint density at radius 3 is 2.65 bits per heavy atom. The summed E-state index contributed by atoms with van der Waals surface area (Å²) in [5.74, 6) is -0.951. The fourth-order valence-corrected chi connectivity index (χ4v) is 1.82. The minimum Gasteiger partial charge on any atom is -0.462 e. The van der Waals surface area contributed by atoms with Crippen LogP contribution in [0.2, 0.25) is 0 Å². The Morgan fingerprint density at radius 1 is 1.20 bits per heavy atom. The lowest BCUT2D eigenvalue weighted by molar-refractivity contribution is -0.139. The number of rotatable bonds is 4. The van der Waals surface area contributed by atoms with Crippen molar-refractivity contribution in [3.8, 4) is 0 Å². The standard InChI is InChI=1S/C16H15NO3/c1-3-20-16(19)14(11(2)18)10-13-9-8-12-6-4-5-7-15(12)17-13/h4-10H,3H2,1-2H3. The molecular formula is C16H15NO3. The summed E-state index contributed by atoms with van der Waals surface area (Å²) >= 11 is 0. The number of ether oxygens (including phenoxy) is 1. The van der Waals surface area contributed by atoms with Gasteiger partial charge < -0.3 is 4.74 Å². The van der Waals surface area contributed by atoms with Crippen molar-refractivity contribution in [1.82, 2.24) is 4.98 Å². The molecule has 1 heterocycles. The molecule has 0 aliphatic rings. The summed E-state index contributed by atoms with van der Waals surface area (Å²) in [5, 5.41) is 1.00. The van der Waals surface area contributed by atoms with Crippen molar-refractivity contribution in [2.45, 2.75) is 13.8 Å². The van der Waals surface area contributed by atoms with Gasteiger partial charge in [-0.15, -0.1) is 0 Å². The topological polar surface area (TPSA) is 56.3 Å². The zero-order valence-electron chi connectivity index (χ0n) is 11.4. The van der Waals surface area contributed by atoms with Crippen molar-refractivity contribution in [2.75, 3.05) is 6.61 Å². The number of fused-ring (bicyclic) bond motifs is 1. The third-order valence-corrected chi connectivity index (χ3v) is 2.79. The largest absolute Gasteiger partial charge is 0.462 e. The molecule has 0 saturated carbocycles. The van der Waals surface area contributed by atoms with E-state index in [4.69, 9.17) is 4.74 Å². The zero-order chi connectivity index (χ0) is 14.5. The molecule has 0 atom stereocenters. The fraction of sp³-hybridized carbons (Fsp3) is 0.188. The molecule has 1 aromatic heterocycles. The summed E-state index contributed by atoms with van der Waals surface area (Å²) in [6, 6.07) is 11.3. The first kappa shape index (κ1) is 13.9. The predicted molar refractivity (Wildman–Crippen MR) is 77.0 cm³/mol. The SMILES string of the molecule is CCOC(=O)C(=Cc1ccc2ccccc2n1)C(C)=O. The number of Topliss-reactive ketones (excluding diaryl/α,β-unsaturated/α-hetero) is 1. The highest BCUT2D eigenvalue weighted by Crippen LogP contribution is 2.14. The number of hydrogen-bond acceptors (Lipinski definition) is 4. The summed E-state index contributed by atoms with van der Waals surface area (Å²) in [4.78, 5) is 27.6. The number of para-hydroxylation sites is 1. The van der Waals surface area contributed by atoms with E-state index in [1.54, 1.807) is 13.0 Å². The molecule has 4 heteroatoms. The molecule has 102 valence electrons. The zero-order valence-corrected chi connectivity index (χ0v) is 11.4. The van der Waals surface area contributed by atoms with Crippen LogP contribution in [-0.4, -0.2) is 23.3 Å². The van der Waals surface area contributed by atoms with Gasteiger partial charge in [0.25, 0.3) is 0 Å². The van der Waals surface area contributed by atoms with Gasteiger partial charge in [0.15, 0.2) is 5.78 Å². The number of benzene rings is 1. The lowest BCUT2D eigenvalue weighted by Crippen LogP contribution is -2.13. The Labute approximate surface area is 117 Å². The van der Waals surface area contributed by atoms with Gasteiger partial charge in [-0.05, 0) is 32.1 Å². The van der Waals surface area contributed by atoms with E-state index in [0.717, 1.165) is 10.9 Å². The maximum Gasteiger partial charge on any atom is 0.341 e. The molecule has 0 spiro atoms. The molecule has 0 fully saturated rings. The van der Waals surface area contributed by atoms with Crippen LogP contribution in [0.1, 0.15) is 19.5 Å². The Morgan fingerprint density at radius 2 is 1.95 bits per heavy atom. The highest BCUT2D eigenvalue weighted by molar-refractivity contribution is 6.19. The maximum atomic E-state index is 11.7. The average molecular weight is 269 g/mol. The highest BCUT2D eigenvalue weighted by Gasteiger charge is 2.15. The second-order valence-electron chi connectivity index (χ2n) is 4.26. The van der Waals surface area contributed by atoms with Crippen LogP contribution in [0.4, 0.5) is 0 Å². The summed E-state index contributed by atoms with van der Waals surface area (Å²) in [7, 11) is 0. The number of hydrogen-bond donors (Lipinski definition) is 0. The van der Waals surface area contributed by atoms with Crippen molar-refractivity contribution < 1.29 is 14.3 Å². The molecule has 0 N–H and O–H groups in total. The molecule has 0 radical (unpaired) electrons. The average Bonchev–Trinajstić information content (AvgIpc) is 2.44. The predicted octanol–water partition coefficient (Wildman–Crippen LogP) is 2.77. The van der Waals surface area contributed by atoms with E-state index in [9.17, 15) is 9.59 Å². The molecule has 0 bridgehead atoms. The third kappa shape index (κ3) is 3.09. The van der Waals surface area contributed by atoms with Crippen LogP contribution in [0.25, 0.3) is 17.0 Å². The number of carbonyl (C=O) groups excluding carboxylic acids is 2. The minimum absolute atomic E-state index is 0.00892. The quantitative estimate of drug-likeness (QED) is 0.370. The third-order valence-electron chi connectivity index (χ3n) is 2.79. The van der Waals surface area contributed by atoms with Crippen LogP contribution in [0.15, 0.2) is 42.0 Å². The molecule has 0 aliphatic carbocycles. The number of carbonyl (C=O) groups is 2. The van der Waals surface area contributed by atoms with Gasteiger partial charge in [0, 0.05) is 5.39 Å². The van der Waals surface area contributed by atoms with Crippen molar-refractivity contribution >= 4 is 28.7 Å². The normalized spacial score (nSPS) is 11.4. The van der Waals surface area contributed by atoms with Gasteiger partial charge in [-0.1, -0.05) is 24.3 Å². The summed E-state index contributed by atoms with van der Waals surface area (Å²) in [6.07, 6.45) is 1.47. The highest BCUT2D eigenvalue weighted by atomic mass is 16.5. The van der Waals surface area contributed by atoms with Gasteiger partial charge >= 0.3 is 5.97 Å². The molecule has 20 heavy (non-hydrogen) atoms. The van der Waals surface area contributed by atoms with E-state index in [2.05, 4.69) is 4.98 Å². The van der Waals surface area contributed by atoms with Crippen LogP contribution >= 0.6 is 0 Å². The maximum absolute atomic E-state index is 11.7. The molecule has 0 unspecified atom stereocenters. The number of esters is 1. The van der Waals surface area contributed by atoms with Crippen LogP contribution < -0.4 is 0 Å². The lowest BCUT2D eigenvalue weighted by atomic mass is 10.1. The number of aromatic nitrogens is 1. The van der Waals surface area contributed by atoms with Crippen molar-refractivity contribution in [3.63, 3.8) is 0 Å². The van der Waals surface area contributed by atoms with Crippen LogP contribution in [0.5, 0.6) is 0 Å². The second-order valence-corrected chi connectivity index (χ2v) is 4.26. The van der Waals surface area contributed by atoms with Gasteiger partial charge in [0.2, 0.25) is 0 Å². The molecule has 1 aromatic carbocycles. The monoisotopic (exact) mass is 269 g/mol. The Bertz CT molecular complexity index is 689. The summed E-state index contributed by atoms with van der Waals surface area (Å²) in [5.41, 5.74) is 1.38. The second kappa shape index (κ2) is 6.10. The van der Waals surface area contributed by atoms with E-state index in [0.29, 0.717) is 5.69 Å². The first-order chi connectivity index (χ1) is 9.61. The molecule has 2 aromatic rings. The lowest BCUT2D eigenvalue weighted by Gasteiger charge is -2.04. The van der Waals surface area contributed by atoms with Gasteiger partial charge in [0.1, 0.15) is 5.57 Å². The Balaban J connectivity index is 2.42. The van der Waals surface area contributed by atoms with E-state index >= 15 is 0 Å². The molecule has 2 rings (SSSR count). The van der Waals surface area contributed by atoms with E-state index in [1.165, 1.54) is 13.0 Å². The van der Waals surface area contributed by atoms with E-state index in [-0.39, 0.29) is 18.0 Å². The van der Waals surface area contributed by atoms with Gasteiger partial charge in [-0.2, -0.15) is 0 Å². The molecule has 0 amide bonds. The Hall–Kier alpha value is -2.49. The number of nitrogens with zero attached hydrogens (tertiary/aromatic N) is 1. The van der Waals surface area contributed by atoms with E-state index in [1.807, 2.05) is 30.3 Å². The Kier molecular flexibility index (Phi) is 4.25. The first-order valence-corrected chi connectivity index (χ1v) is 6.37. The molecule has 4 nitrogen and oxygen atoms in total. The van der Waals surface area contributed by atoms with Crippen LogP contribution in [-0.2, 0) is 14.3 Å². The number of pyridine rings is 1. The first-order valence-electron chi connectivity index (χ1n) is 6.37. The summed E-state index contributed by atoms with van der Waals surface area (Å²) < 4.78 is 4.87. The van der Waals surface area contributed by atoms with Crippen molar-refractivity contribution in [3.05, 3.63) is 47.7 Å². The van der Waals surface area contributed by atoms with Crippen LogP contribution in [0.3, 0.4) is 0 Å². The molecule has 0 saturated heterocycles. The smallest absolute Gasteiger partial charge is 0.341 e.